The second-order valence-corrected chi connectivity index (χ2v) is 11.9. The molecule has 1 aliphatic carbocycles. The molecule has 8 aromatic carbocycles. The first-order valence-electron chi connectivity index (χ1n) is 15.3. The van der Waals surface area contributed by atoms with Crippen molar-refractivity contribution in [2.45, 2.75) is 5.41 Å². The third-order valence-corrected chi connectivity index (χ3v) is 9.20. The summed E-state index contributed by atoms with van der Waals surface area (Å²) in [5.74, 6) is 0.868. The van der Waals surface area contributed by atoms with Gasteiger partial charge in [0.2, 0.25) is 0 Å². The largest absolute Gasteiger partial charge is 0.508 e. The van der Waals surface area contributed by atoms with Crippen LogP contribution < -0.4 is 0 Å². The Balaban J connectivity index is 0.000000240. The summed E-state index contributed by atoms with van der Waals surface area (Å²) in [4.78, 5) is 0. The van der Waals surface area contributed by atoms with Gasteiger partial charge in [0, 0.05) is 0 Å². The van der Waals surface area contributed by atoms with Gasteiger partial charge in [-0.2, -0.15) is 0 Å². The van der Waals surface area contributed by atoms with Crippen molar-refractivity contribution >= 4 is 32.3 Å². The highest BCUT2D eigenvalue weighted by Crippen LogP contribution is 2.56. The molecule has 1 aliphatic rings. The van der Waals surface area contributed by atoms with Crippen LogP contribution in [0.15, 0.2) is 164 Å². The second kappa shape index (κ2) is 10.8. The third-order valence-electron chi connectivity index (χ3n) is 9.20. The summed E-state index contributed by atoms with van der Waals surface area (Å²) in [6, 6.07) is 54.9. The molecule has 0 fully saturated rings. The van der Waals surface area contributed by atoms with E-state index in [9.17, 15) is 10.2 Å². The molecule has 0 saturated heterocycles. The normalized spacial score (nSPS) is 12.8. The molecule has 0 unspecified atom stereocenters. The molecule has 3 nitrogen and oxygen atoms in total. The van der Waals surface area contributed by atoms with Crippen LogP contribution in [0.25, 0.3) is 43.4 Å². The summed E-state index contributed by atoms with van der Waals surface area (Å²) in [6.07, 6.45) is 0. The van der Waals surface area contributed by atoms with Gasteiger partial charge in [-0.05, 0) is 114 Å². The van der Waals surface area contributed by atoms with Gasteiger partial charge in [0.1, 0.15) is 17.2 Å². The Kier molecular flexibility index (Phi) is 6.47. The molecule has 3 heteroatoms. The molecule has 0 heterocycles. The van der Waals surface area contributed by atoms with Gasteiger partial charge >= 0.3 is 0 Å². The fourth-order valence-electron chi connectivity index (χ4n) is 7.13. The molecular weight excluding hydrogens is 564 g/mol. The number of rotatable bonds is 2. The molecule has 0 spiro atoms. The summed E-state index contributed by atoms with van der Waals surface area (Å²) < 4.78 is 0. The van der Waals surface area contributed by atoms with E-state index in [4.69, 9.17) is 5.11 Å². The van der Waals surface area contributed by atoms with Crippen molar-refractivity contribution in [2.24, 2.45) is 0 Å². The fourth-order valence-corrected chi connectivity index (χ4v) is 7.13. The van der Waals surface area contributed by atoms with Crippen molar-refractivity contribution in [1.82, 2.24) is 0 Å². The van der Waals surface area contributed by atoms with E-state index in [0.717, 1.165) is 32.3 Å². The molecule has 0 saturated carbocycles. The minimum absolute atomic E-state index is 0.273. The maximum atomic E-state index is 10.0. The highest BCUT2D eigenvalue weighted by Gasteiger charge is 2.46. The van der Waals surface area contributed by atoms with Crippen LogP contribution in [0.1, 0.15) is 22.3 Å². The van der Waals surface area contributed by atoms with Crippen LogP contribution >= 0.6 is 0 Å². The number of phenols is 3. The third kappa shape index (κ3) is 4.44. The predicted molar refractivity (Wildman–Crippen MR) is 188 cm³/mol. The average Bonchev–Trinajstić information content (AvgIpc) is 3.39. The molecule has 8 aromatic rings. The van der Waals surface area contributed by atoms with Gasteiger partial charge in [-0.15, -0.1) is 0 Å². The first-order chi connectivity index (χ1) is 22.5. The van der Waals surface area contributed by atoms with Crippen LogP contribution in [0.4, 0.5) is 0 Å². The first kappa shape index (κ1) is 27.5. The maximum Gasteiger partial charge on any atom is 0.116 e. The van der Waals surface area contributed by atoms with Gasteiger partial charge in [-0.25, -0.2) is 0 Å². The number of hydrogen-bond acceptors (Lipinski definition) is 3. The molecule has 0 aromatic heterocycles. The summed E-state index contributed by atoms with van der Waals surface area (Å²) in [5.41, 5.74) is 6.90. The van der Waals surface area contributed by atoms with Gasteiger partial charge in [-0.1, -0.05) is 115 Å². The molecule has 46 heavy (non-hydrogen) atoms. The van der Waals surface area contributed by atoms with E-state index in [2.05, 4.69) is 84.9 Å². The molecule has 3 N–H and O–H groups in total. The number of fused-ring (bicyclic) bond motifs is 6. The Hall–Kier alpha value is -6.06. The number of aromatic hydroxyl groups is 3. The van der Waals surface area contributed by atoms with Crippen molar-refractivity contribution in [3.8, 4) is 28.4 Å². The Morgan fingerprint density at radius 2 is 0.652 bits per heavy atom. The van der Waals surface area contributed by atoms with E-state index in [-0.39, 0.29) is 11.5 Å². The minimum atomic E-state index is -0.495. The lowest BCUT2D eigenvalue weighted by Gasteiger charge is -2.34. The standard InChI is InChI=1S/C33H22O2.C10H8O/c34-27-15-11-21-17-25(13-9-23(21)19-27)33(26-14-10-24-20-28(35)16-12-22(24)18-26)31-7-3-1-5-29(31)30-6-2-4-8-32(30)33;11-10-6-5-8-3-1-2-4-9(8)7-10/h1-20,34-35H;1-7,11H. The van der Waals surface area contributed by atoms with E-state index >= 15 is 0 Å². The Bertz CT molecular complexity index is 2290. The number of benzene rings is 8. The molecule has 9 rings (SSSR count). The van der Waals surface area contributed by atoms with Gasteiger partial charge in [0.25, 0.3) is 0 Å². The molecular formula is C43H30O3. The fraction of sp³-hybridized carbons (Fsp3) is 0.0233. The van der Waals surface area contributed by atoms with Crippen LogP contribution in [0, 0.1) is 0 Å². The van der Waals surface area contributed by atoms with Gasteiger partial charge in [0.15, 0.2) is 0 Å². The summed E-state index contributed by atoms with van der Waals surface area (Å²) in [6.45, 7) is 0. The van der Waals surface area contributed by atoms with Crippen molar-refractivity contribution in [3.63, 3.8) is 0 Å². The Morgan fingerprint density at radius 3 is 1.15 bits per heavy atom. The van der Waals surface area contributed by atoms with Crippen LogP contribution in [0.2, 0.25) is 0 Å². The maximum absolute atomic E-state index is 10.0. The number of phenolic OH excluding ortho intramolecular Hbond substituents is 3. The summed E-state index contributed by atoms with van der Waals surface area (Å²) in [7, 11) is 0. The van der Waals surface area contributed by atoms with E-state index in [1.807, 2.05) is 54.6 Å². The highest BCUT2D eigenvalue weighted by atomic mass is 16.3. The summed E-state index contributed by atoms with van der Waals surface area (Å²) >= 11 is 0. The van der Waals surface area contributed by atoms with Crippen molar-refractivity contribution in [2.75, 3.05) is 0 Å². The molecule has 0 radical (unpaired) electrons. The first-order valence-corrected chi connectivity index (χ1v) is 15.3. The van der Waals surface area contributed by atoms with E-state index in [1.54, 1.807) is 24.3 Å². The van der Waals surface area contributed by atoms with E-state index in [0.29, 0.717) is 5.75 Å². The number of hydrogen-bond donors (Lipinski definition) is 3. The zero-order chi connectivity index (χ0) is 31.3. The molecule has 220 valence electrons. The second-order valence-electron chi connectivity index (χ2n) is 11.9. The van der Waals surface area contributed by atoms with E-state index < -0.39 is 5.41 Å². The minimum Gasteiger partial charge on any atom is -0.508 e. The predicted octanol–water partition coefficient (Wildman–Crippen LogP) is 10.3. The van der Waals surface area contributed by atoms with Gasteiger partial charge in [0.05, 0.1) is 5.41 Å². The Labute approximate surface area is 266 Å². The lowest BCUT2D eigenvalue weighted by atomic mass is 9.67. The zero-order valence-electron chi connectivity index (χ0n) is 24.9. The van der Waals surface area contributed by atoms with Crippen LogP contribution in [0.5, 0.6) is 17.2 Å². The Morgan fingerprint density at radius 1 is 0.304 bits per heavy atom. The highest BCUT2D eigenvalue weighted by molar-refractivity contribution is 5.92. The smallest absolute Gasteiger partial charge is 0.116 e. The van der Waals surface area contributed by atoms with Crippen LogP contribution in [-0.2, 0) is 5.41 Å². The zero-order valence-corrected chi connectivity index (χ0v) is 24.9. The average molecular weight is 595 g/mol. The van der Waals surface area contributed by atoms with Crippen LogP contribution in [0.3, 0.4) is 0 Å². The van der Waals surface area contributed by atoms with Gasteiger partial charge in [-0.3, -0.25) is 0 Å². The monoisotopic (exact) mass is 594 g/mol. The quantitative estimate of drug-likeness (QED) is 0.187. The van der Waals surface area contributed by atoms with Crippen molar-refractivity contribution in [1.29, 1.82) is 0 Å². The van der Waals surface area contributed by atoms with Crippen LogP contribution in [-0.4, -0.2) is 15.3 Å². The lowest BCUT2D eigenvalue weighted by Crippen LogP contribution is -2.28. The molecule has 0 amide bonds. The van der Waals surface area contributed by atoms with E-state index in [1.165, 1.54) is 33.4 Å². The topological polar surface area (TPSA) is 60.7 Å². The van der Waals surface area contributed by atoms with Crippen molar-refractivity contribution in [3.05, 3.63) is 186 Å². The molecule has 0 atom stereocenters. The molecule has 0 aliphatic heterocycles. The molecule has 0 bridgehead atoms. The van der Waals surface area contributed by atoms with Gasteiger partial charge < -0.3 is 15.3 Å². The van der Waals surface area contributed by atoms with Crippen molar-refractivity contribution < 1.29 is 15.3 Å². The lowest BCUT2D eigenvalue weighted by molar-refractivity contribution is 0.475. The SMILES string of the molecule is Oc1ccc2cc(C3(c4ccc5cc(O)ccc5c4)c4ccccc4-c4ccccc43)ccc2c1.Oc1ccc2ccccc2c1. The summed E-state index contributed by atoms with van der Waals surface area (Å²) in [5, 5.41) is 35.6.